The SMILES string of the molecule is O=C(c1ccco1)N1CCCc2cc(N(S(=O)(=O)c3ccc([N+](=O)[O-])cc3)S(=O)(=O)c3ccc([N+](=O)[O-])cc3)ccc21. The second-order valence-electron chi connectivity index (χ2n) is 9.06. The summed E-state index contributed by atoms with van der Waals surface area (Å²) in [6.45, 7) is 0.345. The number of furan rings is 1. The molecule has 0 fully saturated rings. The molecule has 14 nitrogen and oxygen atoms in total. The summed E-state index contributed by atoms with van der Waals surface area (Å²) in [5.74, 6) is -0.336. The molecule has 2 heterocycles. The molecule has 0 saturated carbocycles. The van der Waals surface area contributed by atoms with Gasteiger partial charge in [-0.3, -0.25) is 25.0 Å². The van der Waals surface area contributed by atoms with Gasteiger partial charge in [0.15, 0.2) is 5.76 Å². The van der Waals surface area contributed by atoms with E-state index in [1.807, 2.05) is 0 Å². The molecule has 0 radical (unpaired) electrons. The summed E-state index contributed by atoms with van der Waals surface area (Å²) >= 11 is 0. The van der Waals surface area contributed by atoms with E-state index in [4.69, 9.17) is 4.42 Å². The number of nitro benzene ring substituents is 2. The Bertz CT molecular complexity index is 1820. The van der Waals surface area contributed by atoms with Crippen LogP contribution in [-0.4, -0.2) is 39.1 Å². The van der Waals surface area contributed by atoms with Crippen LogP contribution in [0.3, 0.4) is 0 Å². The first-order valence-corrected chi connectivity index (χ1v) is 15.1. The molecule has 0 bridgehead atoms. The number of non-ortho nitro benzene ring substituents is 2. The maximum Gasteiger partial charge on any atom is 0.293 e. The second kappa shape index (κ2) is 10.7. The van der Waals surface area contributed by atoms with Gasteiger partial charge in [0.05, 0.1) is 31.6 Å². The highest BCUT2D eigenvalue weighted by molar-refractivity contribution is 8.10. The van der Waals surface area contributed by atoms with Gasteiger partial charge in [0.2, 0.25) is 0 Å². The minimum atomic E-state index is -4.93. The summed E-state index contributed by atoms with van der Waals surface area (Å²) in [4.78, 5) is 34.1. The third-order valence-corrected chi connectivity index (χ3v) is 10.7. The van der Waals surface area contributed by atoms with Crippen LogP contribution >= 0.6 is 0 Å². The van der Waals surface area contributed by atoms with Gasteiger partial charge in [-0.1, -0.05) is 0 Å². The fourth-order valence-electron chi connectivity index (χ4n) is 4.52. The molecule has 0 spiro atoms. The lowest BCUT2D eigenvalue weighted by molar-refractivity contribution is -0.385. The largest absolute Gasteiger partial charge is 0.459 e. The molecule has 0 saturated heterocycles. The Kier molecular flexibility index (Phi) is 7.26. The Morgan fingerprint density at radius 2 is 1.36 bits per heavy atom. The van der Waals surface area contributed by atoms with Gasteiger partial charge in [-0.05, 0) is 73.0 Å². The molecule has 0 aliphatic carbocycles. The number of hydrogen-bond acceptors (Lipinski definition) is 10. The zero-order valence-corrected chi connectivity index (χ0v) is 23.0. The number of carbonyl (C=O) groups is 1. The summed E-state index contributed by atoms with van der Waals surface area (Å²) < 4.78 is 61.0. The summed E-state index contributed by atoms with van der Waals surface area (Å²) in [6.07, 6.45) is 2.24. The molecular weight excluding hydrogens is 592 g/mol. The van der Waals surface area contributed by atoms with Crippen LogP contribution in [0.25, 0.3) is 0 Å². The van der Waals surface area contributed by atoms with Crippen LogP contribution in [0.15, 0.2) is 99.3 Å². The number of carbonyl (C=O) groups excluding carboxylic acids is 1. The third kappa shape index (κ3) is 5.08. The molecule has 0 atom stereocenters. The number of amides is 1. The molecule has 5 rings (SSSR count). The minimum Gasteiger partial charge on any atom is -0.459 e. The van der Waals surface area contributed by atoms with E-state index in [1.54, 1.807) is 6.07 Å². The predicted octanol–water partition coefficient (Wildman–Crippen LogP) is 4.27. The van der Waals surface area contributed by atoms with Crippen LogP contribution < -0.4 is 8.61 Å². The summed E-state index contributed by atoms with van der Waals surface area (Å²) in [5.41, 5.74) is -0.186. The highest BCUT2D eigenvalue weighted by atomic mass is 32.3. The standard InChI is InChI=1S/C26H20N4O10S2/c31-26(25-4-2-16-40-25)27-15-1-3-18-17-21(9-14-24(18)27)30(41(36,37)22-10-5-19(6-11-22)28(32)33)42(38,39)23-12-7-20(8-13-23)29(34)35/h2,4-14,16-17H,1,3,15H2. The predicted molar refractivity (Wildman–Crippen MR) is 148 cm³/mol. The maximum atomic E-state index is 13.9. The Morgan fingerprint density at radius 1 is 0.810 bits per heavy atom. The van der Waals surface area contributed by atoms with E-state index in [0.29, 0.717) is 30.6 Å². The Labute approximate surface area is 238 Å². The van der Waals surface area contributed by atoms with Crippen LogP contribution in [0, 0.1) is 20.2 Å². The lowest BCUT2D eigenvalue weighted by Crippen LogP contribution is -2.38. The van der Waals surface area contributed by atoms with Crippen molar-refractivity contribution < 1.29 is 35.9 Å². The van der Waals surface area contributed by atoms with E-state index < -0.39 is 57.0 Å². The maximum absolute atomic E-state index is 13.9. The van der Waals surface area contributed by atoms with Crippen molar-refractivity contribution >= 4 is 48.7 Å². The average Bonchev–Trinajstić information content (AvgIpc) is 3.51. The van der Waals surface area contributed by atoms with E-state index in [-0.39, 0.29) is 15.2 Å². The van der Waals surface area contributed by atoms with Gasteiger partial charge in [-0.2, -0.15) is 3.71 Å². The number of nitro groups is 2. The molecular formula is C26H20N4O10S2. The third-order valence-electron chi connectivity index (χ3n) is 6.50. The summed E-state index contributed by atoms with van der Waals surface area (Å²) in [6, 6.07) is 14.4. The van der Waals surface area contributed by atoms with Gasteiger partial charge in [0.25, 0.3) is 37.3 Å². The summed E-state index contributed by atoms with van der Waals surface area (Å²) in [7, 11) is -9.85. The van der Waals surface area contributed by atoms with Gasteiger partial charge < -0.3 is 9.32 Å². The van der Waals surface area contributed by atoms with Crippen molar-refractivity contribution in [1.82, 2.24) is 0 Å². The van der Waals surface area contributed by atoms with Crippen LogP contribution in [0.2, 0.25) is 0 Å². The number of rotatable bonds is 8. The van der Waals surface area contributed by atoms with Gasteiger partial charge in [0.1, 0.15) is 0 Å². The number of fused-ring (bicyclic) bond motifs is 1. The highest BCUT2D eigenvalue weighted by Gasteiger charge is 2.38. The molecule has 4 aromatic rings. The van der Waals surface area contributed by atoms with Gasteiger partial charge in [0, 0.05) is 36.5 Å². The zero-order valence-electron chi connectivity index (χ0n) is 21.4. The summed E-state index contributed by atoms with van der Waals surface area (Å²) in [5, 5.41) is 22.2. The smallest absolute Gasteiger partial charge is 0.293 e. The van der Waals surface area contributed by atoms with Crippen molar-refractivity contribution in [2.24, 2.45) is 0 Å². The van der Waals surface area contributed by atoms with Crippen LogP contribution in [0.5, 0.6) is 0 Å². The van der Waals surface area contributed by atoms with E-state index in [1.165, 1.54) is 35.4 Å². The van der Waals surface area contributed by atoms with Crippen LogP contribution in [-0.2, 0) is 26.5 Å². The number of aryl methyl sites for hydroxylation is 1. The topological polar surface area (TPSA) is 191 Å². The van der Waals surface area contributed by atoms with Crippen molar-refractivity contribution in [2.45, 2.75) is 22.6 Å². The molecule has 1 aromatic heterocycles. The molecule has 0 unspecified atom stereocenters. The fourth-order valence-corrected chi connectivity index (χ4v) is 8.19. The average molecular weight is 613 g/mol. The van der Waals surface area contributed by atoms with E-state index in [9.17, 15) is 41.9 Å². The number of anilines is 2. The Morgan fingerprint density at radius 3 is 1.83 bits per heavy atom. The molecule has 216 valence electrons. The first kappa shape index (κ1) is 28.4. The molecule has 0 N–H and O–H groups in total. The fraction of sp³-hybridized carbons (Fsp3) is 0.115. The van der Waals surface area contributed by atoms with Gasteiger partial charge >= 0.3 is 0 Å². The molecule has 1 amide bonds. The van der Waals surface area contributed by atoms with Crippen molar-refractivity contribution in [2.75, 3.05) is 15.2 Å². The first-order valence-electron chi connectivity index (χ1n) is 12.2. The number of benzene rings is 3. The quantitative estimate of drug-likeness (QED) is 0.205. The van der Waals surface area contributed by atoms with E-state index in [2.05, 4.69) is 0 Å². The van der Waals surface area contributed by atoms with Gasteiger partial charge in [-0.25, -0.2) is 16.8 Å². The molecule has 16 heteroatoms. The zero-order chi connectivity index (χ0) is 30.2. The Balaban J connectivity index is 1.64. The lowest BCUT2D eigenvalue weighted by atomic mass is 10.0. The molecule has 42 heavy (non-hydrogen) atoms. The van der Waals surface area contributed by atoms with Crippen molar-refractivity contribution in [1.29, 1.82) is 0 Å². The molecule has 3 aromatic carbocycles. The highest BCUT2D eigenvalue weighted by Crippen LogP contribution is 2.37. The Hall–Kier alpha value is -5.09. The van der Waals surface area contributed by atoms with E-state index >= 15 is 0 Å². The molecule has 1 aliphatic heterocycles. The number of nitrogens with zero attached hydrogens (tertiary/aromatic N) is 4. The first-order chi connectivity index (χ1) is 19.9. The second-order valence-corrected chi connectivity index (χ2v) is 12.9. The molecule has 1 aliphatic rings. The van der Waals surface area contributed by atoms with E-state index in [0.717, 1.165) is 48.5 Å². The minimum absolute atomic E-state index is 0.0926. The number of sulfonamides is 2. The lowest BCUT2D eigenvalue weighted by Gasteiger charge is -2.31. The number of hydrogen-bond donors (Lipinski definition) is 0. The monoisotopic (exact) mass is 612 g/mol. The van der Waals surface area contributed by atoms with Crippen LogP contribution in [0.1, 0.15) is 22.5 Å². The van der Waals surface area contributed by atoms with Gasteiger partial charge in [-0.15, -0.1) is 0 Å². The van der Waals surface area contributed by atoms with Crippen molar-refractivity contribution in [3.63, 3.8) is 0 Å². The van der Waals surface area contributed by atoms with Crippen molar-refractivity contribution in [3.05, 3.63) is 117 Å². The van der Waals surface area contributed by atoms with Crippen LogP contribution in [0.4, 0.5) is 22.7 Å². The normalized spacial score (nSPS) is 13.3. The van der Waals surface area contributed by atoms with Crippen molar-refractivity contribution in [3.8, 4) is 0 Å².